The van der Waals surface area contributed by atoms with E-state index in [0.717, 1.165) is 22.3 Å². The lowest BCUT2D eigenvalue weighted by Gasteiger charge is -2.26. The molecule has 2 aromatic rings. The molecule has 0 saturated heterocycles. The molecule has 0 radical (unpaired) electrons. The highest BCUT2D eigenvalue weighted by Crippen LogP contribution is 2.39. The van der Waals surface area contributed by atoms with Gasteiger partial charge in [0.2, 0.25) is 0 Å². The van der Waals surface area contributed by atoms with Gasteiger partial charge in [-0.15, -0.1) is 0 Å². The second kappa shape index (κ2) is 11.8. The minimum atomic E-state index is -0.362. The predicted molar refractivity (Wildman–Crippen MR) is 147 cm³/mol. The molecule has 0 fully saturated rings. The van der Waals surface area contributed by atoms with Crippen molar-refractivity contribution in [3.63, 3.8) is 0 Å². The number of hydrogen-bond donors (Lipinski definition) is 0. The van der Waals surface area contributed by atoms with Gasteiger partial charge in [-0.2, -0.15) is 0 Å². The smallest absolute Gasteiger partial charge is 0.410 e. The summed E-state index contributed by atoms with van der Waals surface area (Å²) >= 11 is 0. The number of amides is 2. The fraction of sp³-hybridized carbons (Fsp3) is 0.533. The molecule has 0 aromatic heterocycles. The highest BCUT2D eigenvalue weighted by Gasteiger charge is 2.25. The molecule has 36 heavy (non-hydrogen) atoms. The summed E-state index contributed by atoms with van der Waals surface area (Å²) in [5, 5.41) is 0. The molecule has 0 aliphatic rings. The van der Waals surface area contributed by atoms with Crippen LogP contribution in [0.3, 0.4) is 0 Å². The van der Waals surface area contributed by atoms with Gasteiger partial charge < -0.3 is 19.3 Å². The first kappa shape index (κ1) is 29.2. The zero-order valence-electron chi connectivity index (χ0n) is 23.8. The first-order valence-corrected chi connectivity index (χ1v) is 13.0. The van der Waals surface area contributed by atoms with Crippen LogP contribution in [0.4, 0.5) is 9.59 Å². The van der Waals surface area contributed by atoms with Crippen molar-refractivity contribution in [3.05, 3.63) is 47.5 Å². The highest BCUT2D eigenvalue weighted by molar-refractivity contribution is 5.76. The van der Waals surface area contributed by atoms with Crippen molar-refractivity contribution >= 4 is 12.2 Å². The monoisotopic (exact) mass is 496 g/mol. The van der Waals surface area contributed by atoms with Crippen LogP contribution in [0, 0.1) is 0 Å². The molecule has 0 aliphatic carbocycles. The van der Waals surface area contributed by atoms with Gasteiger partial charge in [-0.05, 0) is 61.8 Å². The molecular weight excluding hydrogens is 452 g/mol. The van der Waals surface area contributed by atoms with Gasteiger partial charge in [0.25, 0.3) is 0 Å². The molecular formula is C30H44N2O4. The van der Waals surface area contributed by atoms with Crippen LogP contribution < -0.4 is 9.47 Å². The van der Waals surface area contributed by atoms with Crippen LogP contribution in [-0.4, -0.2) is 48.2 Å². The van der Waals surface area contributed by atoms with Gasteiger partial charge in [-0.3, -0.25) is 0 Å². The fourth-order valence-electron chi connectivity index (χ4n) is 4.09. The van der Waals surface area contributed by atoms with E-state index in [9.17, 15) is 9.59 Å². The molecule has 0 N–H and O–H groups in total. The standard InChI is InChI=1S/C30H44N2O4/c1-11-31(12-2)27(33)35-25-19-21(15-17-23(25)29(5,6)7)22-16-18-24(30(8,9)10)26(20-22)36-28(34)32(13-3)14-4/h15-20H,11-14H2,1-10H3. The molecule has 0 atom stereocenters. The second-order valence-corrected chi connectivity index (χ2v) is 11.0. The summed E-state index contributed by atoms with van der Waals surface area (Å²) in [7, 11) is 0. The van der Waals surface area contributed by atoms with E-state index in [1.165, 1.54) is 0 Å². The Bertz CT molecular complexity index is 970. The van der Waals surface area contributed by atoms with Crippen LogP contribution in [-0.2, 0) is 10.8 Å². The van der Waals surface area contributed by atoms with Crippen molar-refractivity contribution in [1.82, 2.24) is 9.80 Å². The Morgan fingerprint density at radius 3 is 1.17 bits per heavy atom. The van der Waals surface area contributed by atoms with Crippen LogP contribution in [0.2, 0.25) is 0 Å². The third-order valence-electron chi connectivity index (χ3n) is 6.35. The van der Waals surface area contributed by atoms with E-state index >= 15 is 0 Å². The molecule has 2 rings (SSSR count). The van der Waals surface area contributed by atoms with E-state index in [1.54, 1.807) is 9.80 Å². The zero-order valence-corrected chi connectivity index (χ0v) is 23.8. The quantitative estimate of drug-likeness (QED) is 0.395. The molecule has 6 heteroatoms. The van der Waals surface area contributed by atoms with Crippen molar-refractivity contribution in [1.29, 1.82) is 0 Å². The number of benzene rings is 2. The van der Waals surface area contributed by atoms with Gasteiger partial charge in [0.15, 0.2) is 0 Å². The molecule has 0 aliphatic heterocycles. The largest absolute Gasteiger partial charge is 0.415 e. The van der Waals surface area contributed by atoms with Crippen molar-refractivity contribution in [2.45, 2.75) is 80.1 Å². The number of rotatable bonds is 7. The zero-order chi connectivity index (χ0) is 27.3. The minimum Gasteiger partial charge on any atom is -0.410 e. The maximum absolute atomic E-state index is 12.8. The molecule has 2 amide bonds. The maximum Gasteiger partial charge on any atom is 0.415 e. The molecule has 0 bridgehead atoms. The van der Waals surface area contributed by atoms with E-state index in [0.29, 0.717) is 37.7 Å². The Hall–Kier alpha value is -3.02. The molecule has 6 nitrogen and oxygen atoms in total. The van der Waals surface area contributed by atoms with E-state index < -0.39 is 0 Å². The molecule has 0 unspecified atom stereocenters. The Labute approximate surface area is 217 Å². The topological polar surface area (TPSA) is 59.1 Å². The van der Waals surface area contributed by atoms with Crippen LogP contribution in [0.15, 0.2) is 36.4 Å². The van der Waals surface area contributed by atoms with E-state index in [-0.39, 0.29) is 23.0 Å². The lowest BCUT2D eigenvalue weighted by Crippen LogP contribution is -2.33. The maximum atomic E-state index is 12.8. The van der Waals surface area contributed by atoms with Gasteiger partial charge in [0.05, 0.1) is 0 Å². The Morgan fingerprint density at radius 1 is 0.611 bits per heavy atom. The summed E-state index contributed by atoms with van der Waals surface area (Å²) in [4.78, 5) is 28.9. The van der Waals surface area contributed by atoms with Crippen LogP contribution >= 0.6 is 0 Å². The van der Waals surface area contributed by atoms with Crippen LogP contribution in [0.5, 0.6) is 11.5 Å². The fourth-order valence-corrected chi connectivity index (χ4v) is 4.09. The number of carbonyl (C=O) groups is 2. The lowest BCUT2D eigenvalue weighted by molar-refractivity contribution is 0.155. The second-order valence-electron chi connectivity index (χ2n) is 11.0. The Morgan fingerprint density at radius 2 is 0.917 bits per heavy atom. The summed E-state index contributed by atoms with van der Waals surface area (Å²) in [5.41, 5.74) is 3.24. The third-order valence-corrected chi connectivity index (χ3v) is 6.35. The van der Waals surface area contributed by atoms with E-state index in [4.69, 9.17) is 9.47 Å². The van der Waals surface area contributed by atoms with Crippen LogP contribution in [0.25, 0.3) is 11.1 Å². The number of nitrogens with zero attached hydrogens (tertiary/aromatic N) is 2. The van der Waals surface area contributed by atoms with E-state index in [2.05, 4.69) is 41.5 Å². The van der Waals surface area contributed by atoms with Crippen molar-refractivity contribution in [2.24, 2.45) is 0 Å². The average molecular weight is 497 g/mol. The predicted octanol–water partition coefficient (Wildman–Crippen LogP) is 7.63. The normalized spacial score (nSPS) is 11.7. The SMILES string of the molecule is CCN(CC)C(=O)Oc1cc(-c2ccc(C(C)(C)C)c(OC(=O)N(CC)CC)c2)ccc1C(C)(C)C. The van der Waals surface area contributed by atoms with Gasteiger partial charge in [0.1, 0.15) is 11.5 Å². The summed E-state index contributed by atoms with van der Waals surface area (Å²) < 4.78 is 11.8. The van der Waals surface area contributed by atoms with Crippen molar-refractivity contribution in [3.8, 4) is 22.6 Å². The molecule has 0 saturated carbocycles. The molecule has 0 spiro atoms. The first-order valence-electron chi connectivity index (χ1n) is 13.0. The summed E-state index contributed by atoms with van der Waals surface area (Å²) in [6.07, 6.45) is -0.723. The van der Waals surface area contributed by atoms with E-state index in [1.807, 2.05) is 64.1 Å². The Balaban J connectivity index is 2.59. The van der Waals surface area contributed by atoms with Crippen molar-refractivity contribution in [2.75, 3.05) is 26.2 Å². The Kier molecular flexibility index (Phi) is 9.58. The van der Waals surface area contributed by atoms with Crippen molar-refractivity contribution < 1.29 is 19.1 Å². The average Bonchev–Trinajstić information content (AvgIpc) is 2.79. The lowest BCUT2D eigenvalue weighted by atomic mass is 9.84. The molecule has 2 aromatic carbocycles. The molecule has 198 valence electrons. The third kappa shape index (κ3) is 7.02. The van der Waals surface area contributed by atoms with Gasteiger partial charge in [-0.1, -0.05) is 65.8 Å². The summed E-state index contributed by atoms with van der Waals surface area (Å²) in [5.74, 6) is 1.08. The number of carbonyl (C=O) groups excluding carboxylic acids is 2. The van der Waals surface area contributed by atoms with Crippen LogP contribution in [0.1, 0.15) is 80.4 Å². The number of ether oxygens (including phenoxy) is 2. The number of hydrogen-bond acceptors (Lipinski definition) is 4. The van der Waals surface area contributed by atoms with Gasteiger partial charge in [0, 0.05) is 37.3 Å². The van der Waals surface area contributed by atoms with Gasteiger partial charge >= 0.3 is 12.2 Å². The first-order chi connectivity index (χ1) is 16.8. The van der Waals surface area contributed by atoms with Gasteiger partial charge in [-0.25, -0.2) is 9.59 Å². The minimum absolute atomic E-state index is 0.210. The summed E-state index contributed by atoms with van der Waals surface area (Å²) in [6.45, 7) is 22.6. The molecule has 0 heterocycles. The summed E-state index contributed by atoms with van der Waals surface area (Å²) in [6, 6.07) is 11.9. The highest BCUT2D eigenvalue weighted by atomic mass is 16.6.